The van der Waals surface area contributed by atoms with E-state index in [1.165, 1.54) is 18.3 Å². The Kier molecular flexibility index (Phi) is 5.92. The molecule has 156 valence electrons. The van der Waals surface area contributed by atoms with E-state index in [1.54, 1.807) is 6.92 Å². The maximum atomic E-state index is 12.7. The van der Waals surface area contributed by atoms with Crippen molar-refractivity contribution < 1.29 is 18.3 Å². The highest BCUT2D eigenvalue weighted by Crippen LogP contribution is 2.32. The molecule has 3 rings (SSSR count). The second-order valence-corrected chi connectivity index (χ2v) is 9.17. The lowest BCUT2D eigenvalue weighted by atomic mass is 10.1. The van der Waals surface area contributed by atoms with E-state index in [0.717, 1.165) is 22.7 Å². The molecule has 1 aromatic heterocycles. The quantitative estimate of drug-likeness (QED) is 0.428. The van der Waals surface area contributed by atoms with E-state index in [0.29, 0.717) is 10.6 Å². The second kappa shape index (κ2) is 8.26. The minimum Gasteiger partial charge on any atom is -0.258 e. The zero-order valence-electron chi connectivity index (χ0n) is 15.9. The summed E-state index contributed by atoms with van der Waals surface area (Å²) < 4.78 is 27.7. The molecule has 12 heteroatoms. The van der Waals surface area contributed by atoms with E-state index in [4.69, 9.17) is 0 Å². The molecule has 0 saturated heterocycles. The summed E-state index contributed by atoms with van der Waals surface area (Å²) >= 11 is 1.31. The van der Waals surface area contributed by atoms with Crippen molar-refractivity contribution in [3.63, 3.8) is 0 Å². The van der Waals surface area contributed by atoms with Gasteiger partial charge in [0.05, 0.1) is 20.4 Å². The zero-order chi connectivity index (χ0) is 22.1. The average molecular weight is 448 g/mol. The van der Waals surface area contributed by atoms with Gasteiger partial charge in [0.2, 0.25) is 10.0 Å². The predicted octanol–water partition coefficient (Wildman–Crippen LogP) is 3.72. The van der Waals surface area contributed by atoms with Crippen molar-refractivity contribution in [1.29, 1.82) is 0 Å². The summed E-state index contributed by atoms with van der Waals surface area (Å²) in [6.07, 6.45) is 0. The first-order valence-corrected chi connectivity index (χ1v) is 10.8. The number of hydrogen-bond donors (Lipinski definition) is 1. The van der Waals surface area contributed by atoms with Crippen LogP contribution >= 0.6 is 11.3 Å². The number of thiazole rings is 1. The minimum atomic E-state index is -4.24. The summed E-state index contributed by atoms with van der Waals surface area (Å²) in [5.74, 6) is 0. The average Bonchev–Trinajstić information content (AvgIpc) is 3.07. The van der Waals surface area contributed by atoms with Crippen LogP contribution in [-0.2, 0) is 16.6 Å². The summed E-state index contributed by atoms with van der Waals surface area (Å²) in [5, 5.41) is 23.1. The molecule has 1 N–H and O–H groups in total. The topological polar surface area (TPSA) is 145 Å². The van der Waals surface area contributed by atoms with Gasteiger partial charge < -0.3 is 0 Å². The maximum absolute atomic E-state index is 12.7. The van der Waals surface area contributed by atoms with Crippen LogP contribution in [0.5, 0.6) is 0 Å². The zero-order valence-corrected chi connectivity index (χ0v) is 17.5. The van der Waals surface area contributed by atoms with Crippen molar-refractivity contribution >= 4 is 32.7 Å². The molecule has 0 atom stereocenters. The van der Waals surface area contributed by atoms with Gasteiger partial charge in [0, 0.05) is 29.1 Å². The van der Waals surface area contributed by atoms with Crippen molar-refractivity contribution in [2.24, 2.45) is 0 Å². The SMILES string of the molecule is Cc1nc(-c2ccccc2)sc1CNS(=O)(=O)c1cc([N+](=O)[O-])c(C)c([N+](=O)[O-])c1. The number of hydrogen-bond acceptors (Lipinski definition) is 8. The van der Waals surface area contributed by atoms with Crippen molar-refractivity contribution in [3.05, 3.63) is 78.8 Å². The number of sulfonamides is 1. The van der Waals surface area contributed by atoms with Crippen LogP contribution in [0.1, 0.15) is 16.1 Å². The van der Waals surface area contributed by atoms with Gasteiger partial charge in [-0.2, -0.15) is 0 Å². The monoisotopic (exact) mass is 448 g/mol. The van der Waals surface area contributed by atoms with Crippen molar-refractivity contribution in [2.75, 3.05) is 0 Å². The Morgan fingerprint density at radius 3 is 2.13 bits per heavy atom. The van der Waals surface area contributed by atoms with E-state index in [9.17, 15) is 28.6 Å². The predicted molar refractivity (Wildman–Crippen MR) is 111 cm³/mol. The Morgan fingerprint density at radius 1 is 1.03 bits per heavy atom. The first kappa shape index (κ1) is 21.5. The Hall–Kier alpha value is -3.22. The Bertz CT molecular complexity index is 1200. The molecule has 0 aliphatic carbocycles. The Morgan fingerprint density at radius 2 is 1.60 bits per heavy atom. The highest BCUT2D eigenvalue weighted by molar-refractivity contribution is 7.89. The maximum Gasteiger partial charge on any atom is 0.280 e. The van der Waals surface area contributed by atoms with E-state index in [2.05, 4.69) is 9.71 Å². The summed E-state index contributed by atoms with van der Waals surface area (Å²) in [6.45, 7) is 2.84. The van der Waals surface area contributed by atoms with Crippen molar-refractivity contribution in [1.82, 2.24) is 9.71 Å². The van der Waals surface area contributed by atoms with Gasteiger partial charge in [-0.15, -0.1) is 11.3 Å². The van der Waals surface area contributed by atoms with Crippen LogP contribution in [0.15, 0.2) is 47.4 Å². The molecule has 0 radical (unpaired) electrons. The third-order valence-electron chi connectivity index (χ3n) is 4.37. The summed E-state index contributed by atoms with van der Waals surface area (Å²) in [6, 6.07) is 11.0. The molecule has 0 fully saturated rings. The summed E-state index contributed by atoms with van der Waals surface area (Å²) in [7, 11) is -4.24. The third kappa shape index (κ3) is 4.35. The van der Waals surface area contributed by atoms with E-state index in [-0.39, 0.29) is 12.1 Å². The van der Waals surface area contributed by atoms with E-state index < -0.39 is 36.1 Å². The van der Waals surface area contributed by atoms with Crippen molar-refractivity contribution in [3.8, 4) is 10.6 Å². The number of benzene rings is 2. The first-order valence-electron chi connectivity index (χ1n) is 8.55. The van der Waals surface area contributed by atoms with Crippen LogP contribution in [0, 0.1) is 34.1 Å². The van der Waals surface area contributed by atoms with Gasteiger partial charge in [-0.05, 0) is 13.8 Å². The molecule has 0 spiro atoms. The van der Waals surface area contributed by atoms with E-state index >= 15 is 0 Å². The highest BCUT2D eigenvalue weighted by Gasteiger charge is 2.28. The van der Waals surface area contributed by atoms with Gasteiger partial charge in [0.15, 0.2) is 0 Å². The molecule has 0 amide bonds. The molecule has 0 bridgehead atoms. The highest BCUT2D eigenvalue weighted by atomic mass is 32.2. The van der Waals surface area contributed by atoms with Crippen LogP contribution in [-0.4, -0.2) is 23.2 Å². The largest absolute Gasteiger partial charge is 0.280 e. The molecular formula is C18H16N4O6S2. The summed E-state index contributed by atoms with van der Waals surface area (Å²) in [4.78, 5) is 25.3. The lowest BCUT2D eigenvalue weighted by molar-refractivity contribution is -0.395. The normalized spacial score (nSPS) is 11.4. The molecule has 0 aliphatic rings. The van der Waals surface area contributed by atoms with Gasteiger partial charge in [0.1, 0.15) is 10.6 Å². The Balaban J connectivity index is 1.90. The van der Waals surface area contributed by atoms with Gasteiger partial charge in [-0.1, -0.05) is 30.3 Å². The number of nitrogens with zero attached hydrogens (tertiary/aromatic N) is 3. The number of nitro groups is 2. The minimum absolute atomic E-state index is 0.103. The van der Waals surface area contributed by atoms with Gasteiger partial charge in [0.25, 0.3) is 11.4 Å². The fraction of sp³-hybridized carbons (Fsp3) is 0.167. The molecule has 0 saturated carbocycles. The molecular weight excluding hydrogens is 432 g/mol. The van der Waals surface area contributed by atoms with Crippen LogP contribution < -0.4 is 4.72 Å². The lowest BCUT2D eigenvalue weighted by Crippen LogP contribution is -2.23. The Labute approximate surface area is 175 Å². The fourth-order valence-corrected chi connectivity index (χ4v) is 4.87. The molecule has 30 heavy (non-hydrogen) atoms. The van der Waals surface area contributed by atoms with Crippen LogP contribution in [0.2, 0.25) is 0 Å². The molecule has 0 aliphatic heterocycles. The van der Waals surface area contributed by atoms with Gasteiger partial charge >= 0.3 is 0 Å². The molecule has 2 aromatic carbocycles. The van der Waals surface area contributed by atoms with Gasteiger partial charge in [-0.3, -0.25) is 20.2 Å². The lowest BCUT2D eigenvalue weighted by Gasteiger charge is -2.07. The van der Waals surface area contributed by atoms with Crippen LogP contribution in [0.3, 0.4) is 0 Å². The number of nitrogens with one attached hydrogen (secondary N) is 1. The summed E-state index contributed by atoms with van der Waals surface area (Å²) in [5.41, 5.74) is 0.0523. The molecule has 3 aromatic rings. The van der Waals surface area contributed by atoms with Crippen molar-refractivity contribution in [2.45, 2.75) is 25.3 Å². The molecule has 1 heterocycles. The van der Waals surface area contributed by atoms with E-state index in [1.807, 2.05) is 30.3 Å². The van der Waals surface area contributed by atoms with Crippen LogP contribution in [0.25, 0.3) is 10.6 Å². The van der Waals surface area contributed by atoms with Crippen LogP contribution in [0.4, 0.5) is 11.4 Å². The van der Waals surface area contributed by atoms with Gasteiger partial charge in [-0.25, -0.2) is 18.1 Å². The number of rotatable bonds is 7. The second-order valence-electron chi connectivity index (χ2n) is 6.32. The first-order chi connectivity index (χ1) is 14.1. The molecule has 0 unspecified atom stereocenters. The molecule has 10 nitrogen and oxygen atoms in total. The number of aromatic nitrogens is 1. The fourth-order valence-electron chi connectivity index (χ4n) is 2.73. The smallest absolute Gasteiger partial charge is 0.258 e. The third-order valence-corrected chi connectivity index (χ3v) is 6.95. The standard InChI is InChI=1S/C18H16N4O6S2/c1-11-15(21(23)24)8-14(9-16(11)22(25)26)30(27,28)19-10-17-12(2)20-18(29-17)13-6-4-3-5-7-13/h3-9,19H,10H2,1-2H3. The number of aryl methyl sites for hydroxylation is 1. The number of nitro benzene ring substituents is 2.